The molecule has 0 spiro atoms. The molecule has 1 saturated heterocycles. The summed E-state index contributed by atoms with van der Waals surface area (Å²) < 4.78 is 0. The van der Waals surface area contributed by atoms with Gasteiger partial charge in [0.25, 0.3) is 5.91 Å². The topological polar surface area (TPSA) is 66.7 Å². The first-order valence-electron chi connectivity index (χ1n) is 6.80. The lowest BCUT2D eigenvalue weighted by Crippen LogP contribution is -2.39. The highest BCUT2D eigenvalue weighted by Crippen LogP contribution is 2.29. The van der Waals surface area contributed by atoms with Gasteiger partial charge in [0.05, 0.1) is 4.92 Å². The van der Waals surface area contributed by atoms with Crippen molar-refractivity contribution < 1.29 is 9.72 Å². The van der Waals surface area contributed by atoms with E-state index in [1.165, 1.54) is 17.0 Å². The maximum Gasteiger partial charge on any atom is 0.300 e. The summed E-state index contributed by atoms with van der Waals surface area (Å²) in [7, 11) is 3.69. The van der Waals surface area contributed by atoms with Gasteiger partial charge in [0.1, 0.15) is 10.6 Å². The largest absolute Gasteiger partial charge is 0.340 e. The molecular weight excluding hydrogens is 294 g/mol. The molecule has 7 heteroatoms. The molecule has 21 heavy (non-hydrogen) atoms. The molecular formula is C14H18ClN3O3. The third-order valence-electron chi connectivity index (χ3n) is 3.90. The molecule has 1 aromatic carbocycles. The highest BCUT2D eigenvalue weighted by atomic mass is 35.5. The summed E-state index contributed by atoms with van der Waals surface area (Å²) in [4.78, 5) is 26.7. The van der Waals surface area contributed by atoms with Crippen LogP contribution in [-0.4, -0.2) is 53.9 Å². The van der Waals surface area contributed by atoms with Crippen LogP contribution < -0.4 is 0 Å². The average molecular weight is 312 g/mol. The predicted octanol–water partition coefficient (Wildman–Crippen LogP) is 2.41. The predicted molar refractivity (Wildman–Crippen MR) is 80.7 cm³/mol. The van der Waals surface area contributed by atoms with E-state index in [0.717, 1.165) is 19.4 Å². The molecule has 114 valence electrons. The van der Waals surface area contributed by atoms with Crippen LogP contribution >= 0.6 is 11.6 Å². The molecule has 0 radical (unpaired) electrons. The standard InChI is InChI=1S/C14H18ClN3O3/c1-16-8-4-5-10(16)9-17(2)14(19)11-6-3-7-12(15)13(11)18(20)21/h3,6-7,10H,4-5,8-9H2,1-2H3. The number of hydrogen-bond acceptors (Lipinski definition) is 4. The van der Waals surface area contributed by atoms with Crippen LogP contribution in [0.4, 0.5) is 5.69 Å². The Bertz CT molecular complexity index is 564. The number of rotatable bonds is 4. The van der Waals surface area contributed by atoms with E-state index in [4.69, 9.17) is 11.6 Å². The Morgan fingerprint density at radius 1 is 1.57 bits per heavy atom. The fraction of sp³-hybridized carbons (Fsp3) is 0.500. The molecule has 0 N–H and O–H groups in total. The number of likely N-dealkylation sites (N-methyl/N-ethyl adjacent to an activating group) is 2. The van der Waals surface area contributed by atoms with Crippen molar-refractivity contribution in [1.82, 2.24) is 9.80 Å². The van der Waals surface area contributed by atoms with Gasteiger partial charge in [-0.1, -0.05) is 17.7 Å². The maximum absolute atomic E-state index is 12.5. The first kappa shape index (κ1) is 15.7. The van der Waals surface area contributed by atoms with Gasteiger partial charge in [-0.05, 0) is 38.6 Å². The summed E-state index contributed by atoms with van der Waals surface area (Å²) in [6.45, 7) is 1.57. The quantitative estimate of drug-likeness (QED) is 0.632. The van der Waals surface area contributed by atoms with E-state index in [9.17, 15) is 14.9 Å². The number of nitro benzene ring substituents is 1. The maximum atomic E-state index is 12.5. The van der Waals surface area contributed by atoms with Crippen LogP contribution in [0.5, 0.6) is 0 Å². The molecule has 1 unspecified atom stereocenters. The minimum absolute atomic E-state index is 0.0164. The van der Waals surface area contributed by atoms with Crippen molar-refractivity contribution in [2.45, 2.75) is 18.9 Å². The van der Waals surface area contributed by atoms with Crippen LogP contribution in [0.25, 0.3) is 0 Å². The van der Waals surface area contributed by atoms with Crippen molar-refractivity contribution >= 4 is 23.2 Å². The van der Waals surface area contributed by atoms with Gasteiger partial charge in [-0.3, -0.25) is 14.9 Å². The molecule has 0 saturated carbocycles. The third kappa shape index (κ3) is 3.33. The summed E-state index contributed by atoms with van der Waals surface area (Å²) >= 11 is 5.85. The lowest BCUT2D eigenvalue weighted by molar-refractivity contribution is -0.385. The highest BCUT2D eigenvalue weighted by molar-refractivity contribution is 6.33. The number of amides is 1. The van der Waals surface area contributed by atoms with Gasteiger partial charge in [-0.25, -0.2) is 0 Å². The molecule has 1 fully saturated rings. The molecule has 1 aliphatic heterocycles. The third-order valence-corrected chi connectivity index (χ3v) is 4.21. The normalized spacial score (nSPS) is 18.7. The number of nitro groups is 1. The van der Waals surface area contributed by atoms with Crippen molar-refractivity contribution in [3.8, 4) is 0 Å². The number of carbonyl (C=O) groups excluding carboxylic acids is 1. The number of carbonyl (C=O) groups is 1. The van der Waals surface area contributed by atoms with E-state index in [0.29, 0.717) is 12.6 Å². The van der Waals surface area contributed by atoms with Crippen LogP contribution in [0.15, 0.2) is 18.2 Å². The molecule has 0 bridgehead atoms. The number of likely N-dealkylation sites (tertiary alicyclic amines) is 1. The number of nitrogens with zero attached hydrogens (tertiary/aromatic N) is 3. The highest BCUT2D eigenvalue weighted by Gasteiger charge is 2.28. The Balaban J connectivity index is 2.19. The van der Waals surface area contributed by atoms with Gasteiger partial charge in [-0.15, -0.1) is 0 Å². The Hall–Kier alpha value is -1.66. The van der Waals surface area contributed by atoms with Crippen LogP contribution in [0.3, 0.4) is 0 Å². The number of para-hydroxylation sites is 1. The number of hydrogen-bond donors (Lipinski definition) is 0. The summed E-state index contributed by atoms with van der Waals surface area (Å²) in [5.41, 5.74) is -0.286. The van der Waals surface area contributed by atoms with Crippen LogP contribution in [0.1, 0.15) is 23.2 Å². The minimum atomic E-state index is -0.606. The SMILES string of the molecule is CN(CC1CCCN1C)C(=O)c1cccc(Cl)c1[N+](=O)[O-]. The molecule has 1 amide bonds. The van der Waals surface area contributed by atoms with E-state index in [1.807, 2.05) is 7.05 Å². The zero-order chi connectivity index (χ0) is 15.6. The van der Waals surface area contributed by atoms with Crippen LogP contribution in [0.2, 0.25) is 5.02 Å². The van der Waals surface area contributed by atoms with Gasteiger partial charge >= 0.3 is 5.69 Å². The molecule has 1 heterocycles. The molecule has 0 aromatic heterocycles. The van der Waals surface area contributed by atoms with Crippen molar-refractivity contribution in [1.29, 1.82) is 0 Å². The monoisotopic (exact) mass is 311 g/mol. The Morgan fingerprint density at radius 2 is 2.29 bits per heavy atom. The lowest BCUT2D eigenvalue weighted by Gasteiger charge is -2.25. The van der Waals surface area contributed by atoms with Gasteiger partial charge in [0, 0.05) is 19.6 Å². The Morgan fingerprint density at radius 3 is 2.86 bits per heavy atom. The van der Waals surface area contributed by atoms with Crippen LogP contribution in [-0.2, 0) is 0 Å². The molecule has 1 atom stereocenters. The fourth-order valence-electron chi connectivity index (χ4n) is 2.69. The van der Waals surface area contributed by atoms with Gasteiger partial charge in [0.2, 0.25) is 0 Å². The van der Waals surface area contributed by atoms with E-state index in [1.54, 1.807) is 13.1 Å². The van der Waals surface area contributed by atoms with E-state index in [2.05, 4.69) is 4.90 Å². The lowest BCUT2D eigenvalue weighted by atomic mass is 10.1. The van der Waals surface area contributed by atoms with Crippen molar-refractivity contribution in [2.75, 3.05) is 27.2 Å². The number of benzene rings is 1. The second kappa shape index (κ2) is 6.41. The molecule has 1 aliphatic rings. The molecule has 6 nitrogen and oxygen atoms in total. The van der Waals surface area contributed by atoms with E-state index >= 15 is 0 Å². The Kier molecular flexibility index (Phi) is 4.80. The van der Waals surface area contributed by atoms with E-state index < -0.39 is 4.92 Å². The molecule has 0 aliphatic carbocycles. The smallest absolute Gasteiger partial charge is 0.300 e. The summed E-state index contributed by atoms with van der Waals surface area (Å²) in [5.74, 6) is -0.371. The summed E-state index contributed by atoms with van der Waals surface area (Å²) in [5, 5.41) is 11.1. The fourth-order valence-corrected chi connectivity index (χ4v) is 2.93. The van der Waals surface area contributed by atoms with E-state index in [-0.39, 0.29) is 22.2 Å². The molecule has 1 aromatic rings. The second-order valence-corrected chi connectivity index (χ2v) is 5.76. The minimum Gasteiger partial charge on any atom is -0.340 e. The van der Waals surface area contributed by atoms with Gasteiger partial charge in [-0.2, -0.15) is 0 Å². The average Bonchev–Trinajstić information content (AvgIpc) is 2.82. The van der Waals surface area contributed by atoms with Gasteiger partial charge in [0.15, 0.2) is 0 Å². The van der Waals surface area contributed by atoms with Crippen molar-refractivity contribution in [2.24, 2.45) is 0 Å². The first-order valence-corrected chi connectivity index (χ1v) is 7.18. The molecule has 2 rings (SSSR count). The van der Waals surface area contributed by atoms with Crippen molar-refractivity contribution in [3.63, 3.8) is 0 Å². The van der Waals surface area contributed by atoms with Crippen molar-refractivity contribution in [3.05, 3.63) is 38.9 Å². The summed E-state index contributed by atoms with van der Waals surface area (Å²) in [6.07, 6.45) is 2.15. The first-order chi connectivity index (χ1) is 9.91. The zero-order valence-electron chi connectivity index (χ0n) is 12.1. The second-order valence-electron chi connectivity index (χ2n) is 5.36. The van der Waals surface area contributed by atoms with Gasteiger partial charge < -0.3 is 9.80 Å². The zero-order valence-corrected chi connectivity index (χ0v) is 12.8. The summed E-state index contributed by atoms with van der Waals surface area (Å²) in [6, 6.07) is 4.72. The number of halogens is 1. The van der Waals surface area contributed by atoms with Crippen LogP contribution in [0, 0.1) is 10.1 Å². The Labute approximate surface area is 128 Å².